The summed E-state index contributed by atoms with van der Waals surface area (Å²) in [7, 11) is 0. The number of hydrogen-bond acceptors (Lipinski definition) is 3. The number of carbonyl (C=O) groups excluding carboxylic acids is 1. The van der Waals surface area contributed by atoms with E-state index < -0.39 is 0 Å². The van der Waals surface area contributed by atoms with Crippen LogP contribution < -0.4 is 5.32 Å². The fourth-order valence-electron chi connectivity index (χ4n) is 0.561. The molecule has 0 aliphatic carbocycles. The summed E-state index contributed by atoms with van der Waals surface area (Å²) >= 11 is 0. The Bertz CT molecular complexity index is 250. The first-order valence-corrected chi connectivity index (χ1v) is 3.97. The summed E-state index contributed by atoms with van der Waals surface area (Å²) in [5.41, 5.74) is 1.58. The van der Waals surface area contributed by atoms with Gasteiger partial charge in [-0.05, 0) is 20.6 Å². The Morgan fingerprint density at radius 1 is 1.46 bits per heavy atom. The van der Waals surface area contributed by atoms with Crippen molar-refractivity contribution in [2.24, 2.45) is 9.98 Å². The van der Waals surface area contributed by atoms with Gasteiger partial charge < -0.3 is 5.32 Å². The van der Waals surface area contributed by atoms with Crippen molar-refractivity contribution in [1.82, 2.24) is 5.32 Å². The van der Waals surface area contributed by atoms with E-state index in [1.165, 1.54) is 6.92 Å². The Hall–Kier alpha value is -1.45. The lowest BCUT2D eigenvalue weighted by Crippen LogP contribution is -2.21. The summed E-state index contributed by atoms with van der Waals surface area (Å²) in [4.78, 5) is 18.3. The molecule has 0 fully saturated rings. The maximum Gasteiger partial charge on any atom is 0.217 e. The molecule has 0 atom stereocenters. The lowest BCUT2D eigenvalue weighted by Gasteiger charge is -2.00. The molecule has 4 nitrogen and oxygen atoms in total. The molecule has 1 N–H and O–H groups in total. The van der Waals surface area contributed by atoms with E-state index in [1.54, 1.807) is 6.20 Å². The highest BCUT2D eigenvalue weighted by Gasteiger charge is 1.94. The van der Waals surface area contributed by atoms with Crippen molar-refractivity contribution in [3.63, 3.8) is 0 Å². The minimum absolute atomic E-state index is 0.0910. The van der Waals surface area contributed by atoms with Gasteiger partial charge in [-0.25, -0.2) is 0 Å². The normalized spacial score (nSPS) is 10.5. The molecule has 0 saturated carbocycles. The van der Waals surface area contributed by atoms with Gasteiger partial charge in [0.05, 0.1) is 12.2 Å². The van der Waals surface area contributed by atoms with Crippen LogP contribution in [-0.2, 0) is 4.79 Å². The smallest absolute Gasteiger partial charge is 0.217 e. The zero-order chi connectivity index (χ0) is 10.3. The molecule has 0 saturated heterocycles. The highest BCUT2D eigenvalue weighted by Crippen LogP contribution is 1.94. The topological polar surface area (TPSA) is 53.8 Å². The number of nitrogens with one attached hydrogen (secondary N) is 1. The van der Waals surface area contributed by atoms with Gasteiger partial charge in [0.1, 0.15) is 0 Å². The monoisotopic (exact) mass is 181 g/mol. The van der Waals surface area contributed by atoms with Crippen molar-refractivity contribution in [2.75, 3.05) is 6.54 Å². The Morgan fingerprint density at radius 3 is 2.46 bits per heavy atom. The lowest BCUT2D eigenvalue weighted by atomic mass is 10.4. The lowest BCUT2D eigenvalue weighted by molar-refractivity contribution is -0.118. The second kappa shape index (κ2) is 6.11. The van der Waals surface area contributed by atoms with Crippen molar-refractivity contribution >= 4 is 18.3 Å². The molecule has 0 aliphatic heterocycles. The van der Waals surface area contributed by atoms with Gasteiger partial charge in [0.25, 0.3) is 0 Å². The van der Waals surface area contributed by atoms with E-state index in [2.05, 4.69) is 22.0 Å². The molecule has 0 spiro atoms. The summed E-state index contributed by atoms with van der Waals surface area (Å²) in [6, 6.07) is 0. The van der Waals surface area contributed by atoms with E-state index in [4.69, 9.17) is 0 Å². The van der Waals surface area contributed by atoms with Gasteiger partial charge in [-0.1, -0.05) is 0 Å². The number of amides is 1. The van der Waals surface area contributed by atoms with Crippen molar-refractivity contribution < 1.29 is 4.79 Å². The summed E-state index contributed by atoms with van der Waals surface area (Å²) in [6.45, 7) is 8.97. The van der Waals surface area contributed by atoms with E-state index in [1.807, 2.05) is 13.8 Å². The Labute approximate surface area is 78.5 Å². The maximum atomic E-state index is 10.6. The van der Waals surface area contributed by atoms with Gasteiger partial charge in [0.15, 0.2) is 0 Å². The molecule has 0 aromatic carbocycles. The average molecular weight is 181 g/mol. The molecule has 0 bridgehead atoms. The molecule has 4 heteroatoms. The quantitative estimate of drug-likeness (QED) is 0.650. The predicted molar refractivity (Wildman–Crippen MR) is 55.1 cm³/mol. The van der Waals surface area contributed by atoms with E-state index in [9.17, 15) is 4.79 Å². The SMILES string of the molecule is C=NC(=CN=C(C)C)CNC(C)=O. The van der Waals surface area contributed by atoms with E-state index in [0.29, 0.717) is 12.2 Å². The van der Waals surface area contributed by atoms with Crippen LogP contribution in [0, 0.1) is 0 Å². The van der Waals surface area contributed by atoms with Crippen molar-refractivity contribution in [3.05, 3.63) is 11.9 Å². The summed E-state index contributed by atoms with van der Waals surface area (Å²) < 4.78 is 0. The average Bonchev–Trinajstić information content (AvgIpc) is 2.04. The molecule has 0 unspecified atom stereocenters. The molecule has 72 valence electrons. The molecule has 0 aliphatic rings. The van der Waals surface area contributed by atoms with Gasteiger partial charge in [-0.15, -0.1) is 0 Å². The first-order valence-electron chi connectivity index (χ1n) is 3.97. The van der Waals surface area contributed by atoms with Crippen LogP contribution >= 0.6 is 0 Å². The third kappa shape index (κ3) is 6.93. The van der Waals surface area contributed by atoms with Gasteiger partial charge in [-0.2, -0.15) is 0 Å². The van der Waals surface area contributed by atoms with Crippen molar-refractivity contribution in [2.45, 2.75) is 20.8 Å². The standard InChI is InChI=1S/C9H15N3O/c1-7(2)11-5-9(10-4)6-12-8(3)13/h5H,4,6H2,1-3H3,(H,12,13). The van der Waals surface area contributed by atoms with Crippen LogP contribution in [-0.4, -0.2) is 24.9 Å². The van der Waals surface area contributed by atoms with Crippen LogP contribution in [0.5, 0.6) is 0 Å². The Kier molecular flexibility index (Phi) is 5.43. The number of hydrogen-bond donors (Lipinski definition) is 1. The van der Waals surface area contributed by atoms with Gasteiger partial charge in [-0.3, -0.25) is 14.8 Å². The second-order valence-electron chi connectivity index (χ2n) is 2.76. The zero-order valence-corrected chi connectivity index (χ0v) is 8.29. The van der Waals surface area contributed by atoms with E-state index >= 15 is 0 Å². The van der Waals surface area contributed by atoms with Crippen LogP contribution in [0.3, 0.4) is 0 Å². The molecule has 0 rings (SSSR count). The number of aliphatic imine (C=N–C) groups is 2. The number of carbonyl (C=O) groups is 1. The molecule has 1 amide bonds. The van der Waals surface area contributed by atoms with E-state index in [0.717, 1.165) is 5.71 Å². The van der Waals surface area contributed by atoms with Gasteiger partial charge >= 0.3 is 0 Å². The van der Waals surface area contributed by atoms with Crippen LogP contribution in [0.2, 0.25) is 0 Å². The Morgan fingerprint density at radius 2 is 2.08 bits per heavy atom. The maximum absolute atomic E-state index is 10.6. The summed E-state index contributed by atoms with van der Waals surface area (Å²) in [5.74, 6) is -0.0910. The van der Waals surface area contributed by atoms with Crippen molar-refractivity contribution in [3.8, 4) is 0 Å². The number of nitrogens with zero attached hydrogens (tertiary/aromatic N) is 2. The highest BCUT2D eigenvalue weighted by molar-refractivity contribution is 5.79. The Balaban J connectivity index is 4.18. The van der Waals surface area contributed by atoms with Crippen LogP contribution in [0.25, 0.3) is 0 Å². The molecular weight excluding hydrogens is 166 g/mol. The fraction of sp³-hybridized carbons (Fsp3) is 0.444. The van der Waals surface area contributed by atoms with E-state index in [-0.39, 0.29) is 5.91 Å². The molecule has 13 heavy (non-hydrogen) atoms. The number of rotatable bonds is 4. The predicted octanol–water partition coefficient (Wildman–Crippen LogP) is 1.15. The minimum Gasteiger partial charge on any atom is -0.351 e. The third-order valence-electron chi connectivity index (χ3n) is 1.19. The zero-order valence-electron chi connectivity index (χ0n) is 8.29. The van der Waals surface area contributed by atoms with Gasteiger partial charge in [0.2, 0.25) is 5.91 Å². The molecule has 0 aromatic heterocycles. The van der Waals surface area contributed by atoms with Crippen LogP contribution in [0.1, 0.15) is 20.8 Å². The highest BCUT2D eigenvalue weighted by atomic mass is 16.1. The second-order valence-corrected chi connectivity index (χ2v) is 2.76. The van der Waals surface area contributed by atoms with Crippen LogP contribution in [0.4, 0.5) is 0 Å². The van der Waals surface area contributed by atoms with Crippen molar-refractivity contribution in [1.29, 1.82) is 0 Å². The first kappa shape index (κ1) is 11.6. The summed E-state index contributed by atoms with van der Waals surface area (Å²) in [5, 5.41) is 2.61. The molecule has 0 radical (unpaired) electrons. The molecule has 0 aromatic rings. The molecular formula is C9H15N3O. The minimum atomic E-state index is -0.0910. The largest absolute Gasteiger partial charge is 0.351 e. The summed E-state index contributed by atoms with van der Waals surface area (Å²) in [6.07, 6.45) is 1.60. The molecule has 0 heterocycles. The fourth-order valence-corrected chi connectivity index (χ4v) is 0.561. The van der Waals surface area contributed by atoms with Gasteiger partial charge in [0, 0.05) is 18.8 Å². The first-order chi connectivity index (χ1) is 6.06. The third-order valence-corrected chi connectivity index (χ3v) is 1.19. The van der Waals surface area contributed by atoms with Crippen LogP contribution in [0.15, 0.2) is 21.9 Å².